The molecule has 0 aliphatic carbocycles. The Morgan fingerprint density at radius 3 is 2.58 bits per heavy atom. The third-order valence-corrected chi connectivity index (χ3v) is 7.12. The van der Waals surface area contributed by atoms with Crippen molar-refractivity contribution in [3.63, 3.8) is 0 Å². The fraction of sp³-hybridized carbons (Fsp3) is 0.357. The number of halogens is 1. The maximum absolute atomic E-state index is 14.4. The molecule has 0 saturated carbocycles. The number of hydrogen-bond acceptors (Lipinski definition) is 9. The summed E-state index contributed by atoms with van der Waals surface area (Å²) in [4.78, 5) is 36.7. The van der Waals surface area contributed by atoms with Gasteiger partial charge in [-0.1, -0.05) is 25.1 Å². The second kappa shape index (κ2) is 13.0. The Hall–Kier alpha value is -3.90. The summed E-state index contributed by atoms with van der Waals surface area (Å²) < 4.78 is 14.4. The van der Waals surface area contributed by atoms with Crippen LogP contribution in [0.15, 0.2) is 49.2 Å². The van der Waals surface area contributed by atoms with Gasteiger partial charge < -0.3 is 20.9 Å². The first-order valence-electron chi connectivity index (χ1n) is 13.1. The van der Waals surface area contributed by atoms with Gasteiger partial charge in [-0.05, 0) is 38.5 Å². The second-order valence-electron chi connectivity index (χ2n) is 9.89. The third-order valence-electron chi connectivity index (χ3n) is 7.12. The number of carbonyl (C=O) groups excluding carboxylic acids is 1. The van der Waals surface area contributed by atoms with Gasteiger partial charge in [-0.15, -0.1) is 0 Å². The molecule has 4 aromatic rings. The van der Waals surface area contributed by atoms with Crippen molar-refractivity contribution >= 4 is 42.1 Å². The maximum Gasteiger partial charge on any atom is 0.254 e. The number of pyridine rings is 1. The van der Waals surface area contributed by atoms with E-state index in [9.17, 15) is 9.18 Å². The first-order valence-corrected chi connectivity index (χ1v) is 13.1. The van der Waals surface area contributed by atoms with Gasteiger partial charge >= 0.3 is 0 Å². The van der Waals surface area contributed by atoms with Gasteiger partial charge in [-0.2, -0.15) is 13.5 Å². The van der Waals surface area contributed by atoms with E-state index in [0.29, 0.717) is 40.9 Å². The lowest BCUT2D eigenvalue weighted by atomic mass is 9.96. The van der Waals surface area contributed by atoms with Crippen molar-refractivity contribution in [2.75, 3.05) is 44.4 Å². The molecule has 0 spiro atoms. The number of likely N-dealkylation sites (tertiary alicyclic amines) is 1. The van der Waals surface area contributed by atoms with Gasteiger partial charge in [-0.3, -0.25) is 9.78 Å². The number of aromatic nitrogens is 5. The van der Waals surface area contributed by atoms with Crippen molar-refractivity contribution in [3.05, 3.63) is 66.1 Å². The Morgan fingerprint density at radius 1 is 1.10 bits per heavy atom. The number of nitrogens with one attached hydrogen (secondary N) is 3. The Kier molecular flexibility index (Phi) is 9.43. The summed E-state index contributed by atoms with van der Waals surface area (Å²) in [6, 6.07) is 7.71. The van der Waals surface area contributed by atoms with Gasteiger partial charge in [0.05, 0.1) is 23.0 Å². The highest BCUT2D eigenvalue weighted by Gasteiger charge is 2.20. The fourth-order valence-electron chi connectivity index (χ4n) is 4.82. The number of rotatable bonds is 8. The minimum atomic E-state index is -0.645. The molecule has 12 heteroatoms. The summed E-state index contributed by atoms with van der Waals surface area (Å²) in [7, 11) is 3.62. The number of fused-ring (bicyclic) bond motifs is 1. The second-order valence-corrected chi connectivity index (χ2v) is 9.89. The van der Waals surface area contributed by atoms with Crippen molar-refractivity contribution in [2.45, 2.75) is 31.7 Å². The normalized spacial score (nSPS) is 14.8. The smallest absolute Gasteiger partial charge is 0.254 e. The minimum absolute atomic E-state index is 0. The molecule has 1 fully saturated rings. The summed E-state index contributed by atoms with van der Waals surface area (Å²) in [5.74, 6) is 0.151. The van der Waals surface area contributed by atoms with Crippen LogP contribution in [0.2, 0.25) is 0 Å². The van der Waals surface area contributed by atoms with Crippen LogP contribution >= 0.6 is 13.5 Å². The molecule has 1 aliphatic rings. The molecule has 0 radical (unpaired) electrons. The maximum atomic E-state index is 14.4. The number of carbonyl (C=O) groups is 1. The number of anilines is 2. The highest BCUT2D eigenvalue weighted by atomic mass is 32.1. The molecule has 10 nitrogen and oxygen atoms in total. The molecule has 3 aromatic heterocycles. The number of para-hydroxylation sites is 1. The van der Waals surface area contributed by atoms with E-state index in [4.69, 9.17) is 0 Å². The van der Waals surface area contributed by atoms with Crippen molar-refractivity contribution in [1.82, 2.24) is 35.1 Å². The lowest BCUT2D eigenvalue weighted by Crippen LogP contribution is -2.37. The number of piperidine rings is 1. The number of benzene rings is 1. The molecule has 0 unspecified atom stereocenters. The molecule has 5 rings (SSSR count). The van der Waals surface area contributed by atoms with Crippen LogP contribution in [0.3, 0.4) is 0 Å². The quantitative estimate of drug-likeness (QED) is 0.294. The minimum Gasteiger partial charge on any atom is -0.369 e. The van der Waals surface area contributed by atoms with Crippen LogP contribution in [0.4, 0.5) is 16.2 Å². The molecule has 3 N–H and O–H groups in total. The molecular formula is C28H34FN9OS. The zero-order valence-electron chi connectivity index (χ0n) is 22.8. The van der Waals surface area contributed by atoms with Crippen molar-refractivity contribution in [1.29, 1.82) is 0 Å². The SMILES string of the molecule is CNC(=O)c1c(F)cnc2c([C@H](C)CNc3cc(-c4cnc(NC5CCN(C)CC5)nc4)ncn3)cccc12.S. The molecule has 1 saturated heterocycles. The summed E-state index contributed by atoms with van der Waals surface area (Å²) in [5.41, 5.74) is 3.01. The molecule has 1 aliphatic heterocycles. The van der Waals surface area contributed by atoms with Crippen LogP contribution in [0.25, 0.3) is 22.2 Å². The van der Waals surface area contributed by atoms with E-state index in [-0.39, 0.29) is 25.0 Å². The topological polar surface area (TPSA) is 121 Å². The van der Waals surface area contributed by atoms with E-state index in [1.165, 1.54) is 13.4 Å². The highest BCUT2D eigenvalue weighted by Crippen LogP contribution is 2.28. The average molecular weight is 564 g/mol. The van der Waals surface area contributed by atoms with Gasteiger partial charge in [0.25, 0.3) is 5.91 Å². The average Bonchev–Trinajstić information content (AvgIpc) is 2.97. The van der Waals surface area contributed by atoms with Crippen LogP contribution in [0.1, 0.15) is 41.6 Å². The summed E-state index contributed by atoms with van der Waals surface area (Å²) >= 11 is 0. The van der Waals surface area contributed by atoms with E-state index in [2.05, 4.69) is 52.8 Å². The van der Waals surface area contributed by atoms with E-state index in [1.807, 2.05) is 25.1 Å². The van der Waals surface area contributed by atoms with Gasteiger partial charge in [0, 0.05) is 55.0 Å². The molecule has 1 aromatic carbocycles. The summed E-state index contributed by atoms with van der Waals surface area (Å²) in [6.45, 7) is 4.72. The van der Waals surface area contributed by atoms with E-state index < -0.39 is 11.7 Å². The Morgan fingerprint density at radius 2 is 1.85 bits per heavy atom. The number of nitrogens with zero attached hydrogens (tertiary/aromatic N) is 6. The lowest BCUT2D eigenvalue weighted by molar-refractivity contribution is 0.0960. The first-order chi connectivity index (χ1) is 18.9. The van der Waals surface area contributed by atoms with Crippen LogP contribution < -0.4 is 16.0 Å². The molecule has 1 amide bonds. The zero-order chi connectivity index (χ0) is 27.4. The zero-order valence-corrected chi connectivity index (χ0v) is 23.8. The van der Waals surface area contributed by atoms with Gasteiger partial charge in [0.15, 0.2) is 5.82 Å². The van der Waals surface area contributed by atoms with Gasteiger partial charge in [0.1, 0.15) is 12.1 Å². The van der Waals surface area contributed by atoms with E-state index in [1.54, 1.807) is 18.5 Å². The van der Waals surface area contributed by atoms with E-state index in [0.717, 1.165) is 43.3 Å². The fourth-order valence-corrected chi connectivity index (χ4v) is 4.82. The van der Waals surface area contributed by atoms with Gasteiger partial charge in [-0.25, -0.2) is 24.3 Å². The lowest BCUT2D eigenvalue weighted by Gasteiger charge is -2.29. The summed E-state index contributed by atoms with van der Waals surface area (Å²) in [6.07, 6.45) is 8.28. The van der Waals surface area contributed by atoms with Crippen molar-refractivity contribution in [3.8, 4) is 11.3 Å². The predicted octanol–water partition coefficient (Wildman–Crippen LogP) is 3.82. The Labute approximate surface area is 239 Å². The molecule has 0 bridgehead atoms. The Balaban J connectivity index is 0.00000370. The largest absolute Gasteiger partial charge is 0.369 e. The van der Waals surface area contributed by atoms with Crippen molar-refractivity contribution < 1.29 is 9.18 Å². The van der Waals surface area contributed by atoms with Crippen LogP contribution in [-0.4, -0.2) is 75.5 Å². The van der Waals surface area contributed by atoms with Crippen LogP contribution in [-0.2, 0) is 0 Å². The third kappa shape index (κ3) is 6.45. The van der Waals surface area contributed by atoms with Gasteiger partial charge in [0.2, 0.25) is 5.95 Å². The first kappa shape index (κ1) is 29.1. The van der Waals surface area contributed by atoms with E-state index >= 15 is 0 Å². The molecule has 210 valence electrons. The van der Waals surface area contributed by atoms with Crippen LogP contribution in [0.5, 0.6) is 0 Å². The van der Waals surface area contributed by atoms with Crippen molar-refractivity contribution in [2.24, 2.45) is 0 Å². The molecular weight excluding hydrogens is 529 g/mol. The standard InChI is InChI=1S/C28H32FN9O.H2S/c1-17(20-5-4-6-21-25(27(39)30-2)22(29)15-32-26(20)21)12-31-24-11-23(35-16-36-24)18-13-33-28(34-14-18)37-19-7-9-38(3)10-8-19;/h4-6,11,13-17,19H,7-10,12H2,1-3H3,(H,30,39)(H,31,35,36)(H,33,34,37);1H2/t17-;/m1./s1. The monoisotopic (exact) mass is 563 g/mol. The summed E-state index contributed by atoms with van der Waals surface area (Å²) in [5, 5.41) is 9.77. The predicted molar refractivity (Wildman–Crippen MR) is 160 cm³/mol. The Bertz CT molecular complexity index is 1460. The highest BCUT2D eigenvalue weighted by molar-refractivity contribution is 7.59. The molecule has 1 atom stereocenters. The number of hydrogen-bond donors (Lipinski definition) is 3. The number of amides is 1. The molecule has 4 heterocycles. The van der Waals surface area contributed by atoms with Crippen LogP contribution in [0, 0.1) is 5.82 Å². The molecule has 40 heavy (non-hydrogen) atoms.